The molecule has 166 valence electrons. The summed E-state index contributed by atoms with van der Waals surface area (Å²) in [6, 6.07) is 9.78. The fraction of sp³-hybridized carbons (Fsp3) is 0.640. The van der Waals surface area contributed by atoms with Crippen molar-refractivity contribution >= 4 is 11.3 Å². The van der Waals surface area contributed by atoms with Gasteiger partial charge >= 0.3 is 0 Å². The van der Waals surface area contributed by atoms with Gasteiger partial charge in [-0.2, -0.15) is 0 Å². The van der Waals surface area contributed by atoms with E-state index in [-0.39, 0.29) is 0 Å². The molecule has 30 heavy (non-hydrogen) atoms. The van der Waals surface area contributed by atoms with Gasteiger partial charge in [0.25, 0.3) is 0 Å². The summed E-state index contributed by atoms with van der Waals surface area (Å²) in [5.41, 5.74) is 2.36. The summed E-state index contributed by atoms with van der Waals surface area (Å²) < 4.78 is 5.97. The second-order valence-corrected chi connectivity index (χ2v) is 9.48. The molecule has 0 N–H and O–H groups in total. The summed E-state index contributed by atoms with van der Waals surface area (Å²) in [6.07, 6.45) is 6.13. The molecule has 3 rings (SSSR count). The highest BCUT2D eigenvalue weighted by Gasteiger charge is 2.19. The minimum absolute atomic E-state index is 0.597. The third kappa shape index (κ3) is 6.53. The smallest absolute Gasteiger partial charge is 0.123 e. The van der Waals surface area contributed by atoms with Gasteiger partial charge in [-0.1, -0.05) is 13.8 Å². The molecule has 0 aliphatic carbocycles. The zero-order valence-corrected chi connectivity index (χ0v) is 20.1. The Kier molecular flexibility index (Phi) is 9.16. The number of rotatable bonds is 12. The van der Waals surface area contributed by atoms with Crippen molar-refractivity contribution < 1.29 is 4.74 Å². The molecule has 0 radical (unpaired) electrons. The Morgan fingerprint density at radius 3 is 2.73 bits per heavy atom. The van der Waals surface area contributed by atoms with Crippen molar-refractivity contribution in [2.75, 3.05) is 26.2 Å². The second kappa shape index (κ2) is 11.8. The Bertz CT molecular complexity index is 745. The lowest BCUT2D eigenvalue weighted by molar-refractivity contribution is 0.193. The van der Waals surface area contributed by atoms with Gasteiger partial charge in [0.1, 0.15) is 10.8 Å². The molecule has 1 aromatic heterocycles. The number of likely N-dealkylation sites (tertiary alicyclic amines) is 1. The van der Waals surface area contributed by atoms with Crippen LogP contribution in [0, 0.1) is 0 Å². The standard InChI is InChI=1S/C25H39N3OS/c1-5-14-28(20(3)6-2)18-23-19-30-25(26-23)22-10-12-24(13-11-22)29-17-8-16-27-15-7-9-21(27)4/h10-13,19-21H,5-9,14-18H2,1-4H3. The Labute approximate surface area is 187 Å². The van der Waals surface area contributed by atoms with Crippen LogP contribution < -0.4 is 4.74 Å². The normalized spacial score (nSPS) is 18.2. The molecule has 4 nitrogen and oxygen atoms in total. The lowest BCUT2D eigenvalue weighted by Gasteiger charge is -2.27. The average Bonchev–Trinajstić information content (AvgIpc) is 3.40. The van der Waals surface area contributed by atoms with E-state index in [1.807, 2.05) is 0 Å². The Balaban J connectivity index is 1.48. The molecule has 0 amide bonds. The average molecular weight is 430 g/mol. The lowest BCUT2D eigenvalue weighted by Crippen LogP contribution is -2.32. The summed E-state index contributed by atoms with van der Waals surface area (Å²) in [4.78, 5) is 10.0. The van der Waals surface area contributed by atoms with Crippen molar-refractivity contribution in [3.8, 4) is 16.3 Å². The Morgan fingerprint density at radius 1 is 1.27 bits per heavy atom. The quantitative estimate of drug-likeness (QED) is 0.383. The van der Waals surface area contributed by atoms with Gasteiger partial charge in [0, 0.05) is 36.1 Å². The number of hydrogen-bond donors (Lipinski definition) is 0. The molecule has 1 aliphatic rings. The first-order chi connectivity index (χ1) is 14.6. The maximum atomic E-state index is 5.97. The van der Waals surface area contributed by atoms with Crippen molar-refractivity contribution in [1.29, 1.82) is 0 Å². The van der Waals surface area contributed by atoms with Gasteiger partial charge in [-0.3, -0.25) is 4.90 Å². The molecule has 1 fully saturated rings. The predicted octanol–water partition coefficient (Wildman–Crippen LogP) is 6.07. The molecule has 0 spiro atoms. The van der Waals surface area contributed by atoms with E-state index in [9.17, 15) is 0 Å². The first-order valence-electron chi connectivity index (χ1n) is 11.8. The molecule has 0 saturated carbocycles. The summed E-state index contributed by atoms with van der Waals surface area (Å²) in [7, 11) is 0. The van der Waals surface area contributed by atoms with Gasteiger partial charge in [-0.25, -0.2) is 4.98 Å². The van der Waals surface area contributed by atoms with Crippen molar-refractivity contribution in [2.24, 2.45) is 0 Å². The molecule has 0 bridgehead atoms. The maximum absolute atomic E-state index is 5.97. The molecular formula is C25H39N3OS. The van der Waals surface area contributed by atoms with Crippen LogP contribution in [0.15, 0.2) is 29.6 Å². The third-order valence-corrected chi connectivity index (χ3v) is 7.23. The fourth-order valence-corrected chi connectivity index (χ4v) is 5.01. The number of thiazole rings is 1. The summed E-state index contributed by atoms with van der Waals surface area (Å²) >= 11 is 1.74. The monoisotopic (exact) mass is 429 g/mol. The largest absolute Gasteiger partial charge is 0.494 e. The van der Waals surface area contributed by atoms with E-state index in [1.54, 1.807) is 11.3 Å². The second-order valence-electron chi connectivity index (χ2n) is 8.63. The Morgan fingerprint density at radius 2 is 2.07 bits per heavy atom. The summed E-state index contributed by atoms with van der Waals surface area (Å²) in [5.74, 6) is 0.955. The van der Waals surface area contributed by atoms with Crippen LogP contribution in [-0.2, 0) is 6.54 Å². The van der Waals surface area contributed by atoms with Crippen LogP contribution >= 0.6 is 11.3 Å². The van der Waals surface area contributed by atoms with Crippen LogP contribution in [0.2, 0.25) is 0 Å². The maximum Gasteiger partial charge on any atom is 0.123 e. The molecular weight excluding hydrogens is 390 g/mol. The van der Waals surface area contributed by atoms with Gasteiger partial charge in [0.2, 0.25) is 0 Å². The first-order valence-corrected chi connectivity index (χ1v) is 12.6. The minimum Gasteiger partial charge on any atom is -0.494 e. The van der Waals surface area contributed by atoms with Crippen LogP contribution in [0.1, 0.15) is 65.5 Å². The number of hydrogen-bond acceptors (Lipinski definition) is 5. The van der Waals surface area contributed by atoms with Gasteiger partial charge in [0.05, 0.1) is 12.3 Å². The van der Waals surface area contributed by atoms with Crippen LogP contribution in [0.3, 0.4) is 0 Å². The molecule has 2 aromatic rings. The SMILES string of the molecule is CCCN(Cc1csc(-c2ccc(OCCCN3CCCC3C)cc2)n1)C(C)CC. The van der Waals surface area contributed by atoms with E-state index in [2.05, 4.69) is 67.1 Å². The number of nitrogens with zero attached hydrogens (tertiary/aromatic N) is 3. The van der Waals surface area contributed by atoms with E-state index < -0.39 is 0 Å². The van der Waals surface area contributed by atoms with E-state index in [0.29, 0.717) is 6.04 Å². The molecule has 1 saturated heterocycles. The fourth-order valence-electron chi connectivity index (χ4n) is 4.20. The van der Waals surface area contributed by atoms with Gasteiger partial charge in [-0.05, 0) is 83.3 Å². The van der Waals surface area contributed by atoms with Crippen LogP contribution in [0.4, 0.5) is 0 Å². The minimum atomic E-state index is 0.597. The molecule has 1 aliphatic heterocycles. The van der Waals surface area contributed by atoms with E-state index in [0.717, 1.165) is 49.5 Å². The molecule has 5 heteroatoms. The number of benzene rings is 1. The van der Waals surface area contributed by atoms with Crippen LogP contribution in [0.25, 0.3) is 10.6 Å². The van der Waals surface area contributed by atoms with Crippen LogP contribution in [-0.4, -0.2) is 53.1 Å². The van der Waals surface area contributed by atoms with Crippen LogP contribution in [0.5, 0.6) is 5.75 Å². The predicted molar refractivity (Wildman–Crippen MR) is 128 cm³/mol. The van der Waals surface area contributed by atoms with E-state index >= 15 is 0 Å². The van der Waals surface area contributed by atoms with Crippen molar-refractivity contribution in [2.45, 2.75) is 78.4 Å². The summed E-state index contributed by atoms with van der Waals surface area (Å²) in [6.45, 7) is 14.4. The molecule has 1 aromatic carbocycles. The number of aromatic nitrogens is 1. The van der Waals surface area contributed by atoms with Gasteiger partial charge in [0.15, 0.2) is 0 Å². The molecule has 2 atom stereocenters. The summed E-state index contributed by atoms with van der Waals surface area (Å²) in [5, 5.41) is 3.31. The van der Waals surface area contributed by atoms with E-state index in [1.165, 1.54) is 43.5 Å². The van der Waals surface area contributed by atoms with E-state index in [4.69, 9.17) is 9.72 Å². The molecule has 2 unspecified atom stereocenters. The highest BCUT2D eigenvalue weighted by molar-refractivity contribution is 7.13. The highest BCUT2D eigenvalue weighted by Crippen LogP contribution is 2.27. The number of ether oxygens (including phenoxy) is 1. The topological polar surface area (TPSA) is 28.6 Å². The highest BCUT2D eigenvalue weighted by atomic mass is 32.1. The molecule has 2 heterocycles. The van der Waals surface area contributed by atoms with Crippen molar-refractivity contribution in [3.63, 3.8) is 0 Å². The van der Waals surface area contributed by atoms with Gasteiger partial charge in [-0.15, -0.1) is 11.3 Å². The zero-order valence-electron chi connectivity index (χ0n) is 19.3. The first kappa shape index (κ1) is 23.2. The van der Waals surface area contributed by atoms with Gasteiger partial charge < -0.3 is 9.64 Å². The lowest BCUT2D eigenvalue weighted by atomic mass is 10.2. The third-order valence-electron chi connectivity index (χ3n) is 6.29. The Hall–Kier alpha value is -1.43. The van der Waals surface area contributed by atoms with Crippen molar-refractivity contribution in [1.82, 2.24) is 14.8 Å². The van der Waals surface area contributed by atoms with Crippen molar-refractivity contribution in [3.05, 3.63) is 35.3 Å². The zero-order chi connectivity index (χ0) is 21.3.